The van der Waals surface area contributed by atoms with Crippen molar-refractivity contribution < 1.29 is 22.7 Å². The van der Waals surface area contributed by atoms with E-state index in [0.29, 0.717) is 5.75 Å². The highest BCUT2D eigenvalue weighted by Crippen LogP contribution is 2.26. The molecule has 0 aromatic heterocycles. The van der Waals surface area contributed by atoms with E-state index in [1.807, 2.05) is 5.32 Å². The number of anilines is 1. The number of carbonyl (C=O) groups excluding carboxylic acids is 2. The van der Waals surface area contributed by atoms with E-state index in [1.54, 1.807) is 0 Å². The lowest BCUT2D eigenvalue weighted by atomic mass is 10.3. The number of imide groups is 1. The Morgan fingerprint density at radius 2 is 1.85 bits per heavy atom. The van der Waals surface area contributed by atoms with Gasteiger partial charge in [-0.1, -0.05) is 0 Å². The maximum atomic E-state index is 12.4. The number of nitrogens with zero attached hydrogens (tertiary/aromatic N) is 1. The summed E-state index contributed by atoms with van der Waals surface area (Å²) >= 11 is 0. The van der Waals surface area contributed by atoms with Gasteiger partial charge in [-0.15, -0.1) is 0 Å². The summed E-state index contributed by atoms with van der Waals surface area (Å²) in [6.45, 7) is -0.834. The Hall–Kier alpha value is -2.13. The average molecular weight is 299 g/mol. The van der Waals surface area contributed by atoms with Crippen molar-refractivity contribution in [1.82, 2.24) is 9.62 Å². The molecule has 0 saturated carbocycles. The number of hydrogen-bond donors (Lipinski definition) is 2. The van der Waals surface area contributed by atoms with Gasteiger partial charge in [-0.05, 0) is 12.1 Å². The quantitative estimate of drug-likeness (QED) is 0.541. The standard InChI is InChI=1S/C11H13N3O5S/c1-19-7-2-3-9(8(12)4-7)20(17,18)14-5-10(15)13-11(16)6-14/h2-4H,5-6,12H2,1H3,(H,13,15,16). The minimum atomic E-state index is -4.01. The molecule has 9 heteroatoms. The molecule has 0 spiro atoms. The number of nitrogen functional groups attached to an aromatic ring is 1. The van der Waals surface area contributed by atoms with Crippen LogP contribution in [0.2, 0.25) is 0 Å². The predicted octanol–water partition coefficient (Wildman–Crippen LogP) is -1.08. The van der Waals surface area contributed by atoms with Gasteiger partial charge in [0, 0.05) is 6.07 Å². The first-order valence-electron chi connectivity index (χ1n) is 5.61. The predicted molar refractivity (Wildman–Crippen MR) is 69.3 cm³/mol. The number of hydrogen-bond acceptors (Lipinski definition) is 6. The zero-order valence-electron chi connectivity index (χ0n) is 10.6. The van der Waals surface area contributed by atoms with Gasteiger partial charge in [-0.3, -0.25) is 14.9 Å². The molecule has 108 valence electrons. The molecule has 1 saturated heterocycles. The molecule has 0 atom stereocenters. The van der Waals surface area contributed by atoms with Crippen LogP contribution in [-0.4, -0.2) is 44.7 Å². The van der Waals surface area contributed by atoms with Gasteiger partial charge in [0.1, 0.15) is 10.6 Å². The zero-order chi connectivity index (χ0) is 14.9. The number of sulfonamides is 1. The smallest absolute Gasteiger partial charge is 0.246 e. The Balaban J connectivity index is 2.39. The number of nitrogens with one attached hydrogen (secondary N) is 1. The van der Waals surface area contributed by atoms with Crippen LogP contribution in [0.15, 0.2) is 23.1 Å². The number of methoxy groups -OCH3 is 1. The van der Waals surface area contributed by atoms with Gasteiger partial charge in [0.25, 0.3) is 0 Å². The lowest BCUT2D eigenvalue weighted by Crippen LogP contribution is -2.53. The van der Waals surface area contributed by atoms with E-state index in [1.165, 1.54) is 25.3 Å². The van der Waals surface area contributed by atoms with E-state index in [9.17, 15) is 18.0 Å². The Morgan fingerprint density at radius 1 is 1.25 bits per heavy atom. The number of rotatable bonds is 3. The van der Waals surface area contributed by atoms with Crippen LogP contribution in [0.3, 0.4) is 0 Å². The van der Waals surface area contributed by atoms with Crippen LogP contribution in [0.5, 0.6) is 5.75 Å². The van der Waals surface area contributed by atoms with Crippen LogP contribution >= 0.6 is 0 Å². The first-order valence-corrected chi connectivity index (χ1v) is 7.05. The van der Waals surface area contributed by atoms with Gasteiger partial charge >= 0.3 is 0 Å². The molecule has 1 aliphatic heterocycles. The van der Waals surface area contributed by atoms with Crippen molar-refractivity contribution in [1.29, 1.82) is 0 Å². The number of piperazine rings is 1. The Labute approximate surface area is 115 Å². The van der Waals surface area contributed by atoms with E-state index in [4.69, 9.17) is 10.5 Å². The van der Waals surface area contributed by atoms with Crippen molar-refractivity contribution in [3.05, 3.63) is 18.2 Å². The SMILES string of the molecule is COc1ccc(S(=O)(=O)N2CC(=O)NC(=O)C2)c(N)c1. The maximum Gasteiger partial charge on any atom is 0.246 e. The van der Waals surface area contributed by atoms with Crippen molar-refractivity contribution in [2.45, 2.75) is 4.90 Å². The maximum absolute atomic E-state index is 12.4. The summed E-state index contributed by atoms with van der Waals surface area (Å²) in [7, 11) is -2.59. The van der Waals surface area contributed by atoms with Crippen LogP contribution in [-0.2, 0) is 19.6 Å². The Bertz CT molecular complexity index is 655. The second-order valence-electron chi connectivity index (χ2n) is 4.15. The lowest BCUT2D eigenvalue weighted by Gasteiger charge is -2.25. The molecule has 8 nitrogen and oxygen atoms in total. The fraction of sp³-hybridized carbons (Fsp3) is 0.273. The average Bonchev–Trinajstić information content (AvgIpc) is 2.37. The largest absolute Gasteiger partial charge is 0.497 e. The number of ether oxygens (including phenoxy) is 1. The van der Waals surface area contributed by atoms with E-state index in [-0.39, 0.29) is 10.6 Å². The molecule has 0 bridgehead atoms. The van der Waals surface area contributed by atoms with E-state index >= 15 is 0 Å². The van der Waals surface area contributed by atoms with Crippen molar-refractivity contribution in [2.24, 2.45) is 0 Å². The van der Waals surface area contributed by atoms with Gasteiger partial charge < -0.3 is 10.5 Å². The van der Waals surface area contributed by atoms with Gasteiger partial charge in [0.05, 0.1) is 25.9 Å². The molecule has 0 unspecified atom stereocenters. The third-order valence-electron chi connectivity index (χ3n) is 2.75. The third-order valence-corrected chi connectivity index (χ3v) is 4.62. The summed E-state index contributed by atoms with van der Waals surface area (Å²) < 4.78 is 30.5. The molecule has 1 aromatic rings. The lowest BCUT2D eigenvalue weighted by molar-refractivity contribution is -0.134. The van der Waals surface area contributed by atoms with Gasteiger partial charge in [0.2, 0.25) is 21.8 Å². The highest BCUT2D eigenvalue weighted by atomic mass is 32.2. The van der Waals surface area contributed by atoms with Crippen LogP contribution in [0.4, 0.5) is 5.69 Å². The molecule has 1 aliphatic rings. The monoisotopic (exact) mass is 299 g/mol. The van der Waals surface area contributed by atoms with E-state index < -0.39 is 34.9 Å². The van der Waals surface area contributed by atoms with Gasteiger partial charge in [0.15, 0.2) is 0 Å². The second kappa shape index (κ2) is 5.10. The fourth-order valence-electron chi connectivity index (χ4n) is 1.81. The molecule has 2 amide bonds. The molecule has 2 rings (SSSR count). The molecule has 3 N–H and O–H groups in total. The molecular weight excluding hydrogens is 286 g/mol. The first kappa shape index (κ1) is 14.3. The fourth-order valence-corrected chi connectivity index (χ4v) is 3.26. The van der Waals surface area contributed by atoms with Crippen molar-refractivity contribution >= 4 is 27.5 Å². The Morgan fingerprint density at radius 3 is 2.35 bits per heavy atom. The van der Waals surface area contributed by atoms with Crippen LogP contribution in [0.25, 0.3) is 0 Å². The highest BCUT2D eigenvalue weighted by Gasteiger charge is 2.34. The minimum Gasteiger partial charge on any atom is -0.497 e. The summed E-state index contributed by atoms with van der Waals surface area (Å²) in [5.41, 5.74) is 5.68. The van der Waals surface area contributed by atoms with E-state index in [0.717, 1.165) is 4.31 Å². The summed E-state index contributed by atoms with van der Waals surface area (Å²) in [6, 6.07) is 4.08. The first-order chi connectivity index (χ1) is 9.34. The van der Waals surface area contributed by atoms with Crippen LogP contribution in [0.1, 0.15) is 0 Å². The molecule has 0 radical (unpaired) electrons. The number of amides is 2. The zero-order valence-corrected chi connectivity index (χ0v) is 11.4. The van der Waals surface area contributed by atoms with Crippen molar-refractivity contribution in [3.63, 3.8) is 0 Å². The number of benzene rings is 1. The summed E-state index contributed by atoms with van der Waals surface area (Å²) in [5.74, 6) is -0.928. The van der Waals surface area contributed by atoms with Gasteiger partial charge in [-0.2, -0.15) is 4.31 Å². The Kier molecular flexibility index (Phi) is 3.64. The summed E-state index contributed by atoms with van der Waals surface area (Å²) in [4.78, 5) is 22.3. The van der Waals surface area contributed by atoms with E-state index in [2.05, 4.69) is 0 Å². The molecule has 20 heavy (non-hydrogen) atoms. The molecule has 0 aliphatic carbocycles. The highest BCUT2D eigenvalue weighted by molar-refractivity contribution is 7.89. The third kappa shape index (κ3) is 2.58. The molecule has 1 fully saturated rings. The second-order valence-corrected chi connectivity index (χ2v) is 6.05. The minimum absolute atomic E-state index is 0.0113. The number of nitrogens with two attached hydrogens (primary N) is 1. The summed E-state index contributed by atoms with van der Waals surface area (Å²) in [6.07, 6.45) is 0. The molecule has 1 heterocycles. The molecule has 1 aromatic carbocycles. The van der Waals surface area contributed by atoms with Crippen molar-refractivity contribution in [2.75, 3.05) is 25.9 Å². The van der Waals surface area contributed by atoms with Crippen LogP contribution in [0, 0.1) is 0 Å². The normalized spacial score (nSPS) is 16.9. The number of carbonyl (C=O) groups is 2. The van der Waals surface area contributed by atoms with Gasteiger partial charge in [-0.25, -0.2) is 8.42 Å². The van der Waals surface area contributed by atoms with Crippen molar-refractivity contribution in [3.8, 4) is 5.75 Å². The van der Waals surface area contributed by atoms with Crippen LogP contribution < -0.4 is 15.8 Å². The molecular formula is C11H13N3O5S. The summed E-state index contributed by atoms with van der Waals surface area (Å²) in [5, 5.41) is 2.03. The topological polar surface area (TPSA) is 119 Å².